The highest BCUT2D eigenvalue weighted by Gasteiger charge is 2.26. The van der Waals surface area contributed by atoms with Gasteiger partial charge >= 0.3 is 0 Å². The van der Waals surface area contributed by atoms with Crippen molar-refractivity contribution in [1.82, 2.24) is 4.90 Å². The number of hydrogen-bond acceptors (Lipinski definition) is 3. The molecule has 1 rings (SSSR count). The lowest BCUT2D eigenvalue weighted by Gasteiger charge is -2.31. The van der Waals surface area contributed by atoms with Crippen LogP contribution in [-0.4, -0.2) is 29.9 Å². The van der Waals surface area contributed by atoms with Gasteiger partial charge in [-0.05, 0) is 19.3 Å². The molecule has 1 heterocycles. The van der Waals surface area contributed by atoms with Crippen molar-refractivity contribution < 1.29 is 4.79 Å². The number of rotatable bonds is 2. The molecule has 4 heteroatoms. The fraction of sp³-hybridized carbons (Fsp3) is 0.625. The third-order valence-electron chi connectivity index (χ3n) is 2.05. The molecule has 1 unspecified atom stereocenters. The number of likely N-dealkylation sites (tertiary alicyclic amines) is 1. The maximum Gasteiger partial charge on any atom is 0.234 e. The Balaban J connectivity index is 2.55. The Bertz CT molecular complexity index is 209. The zero-order chi connectivity index (χ0) is 8.97. The van der Waals surface area contributed by atoms with Gasteiger partial charge < -0.3 is 5.73 Å². The molecule has 65 valence electrons. The maximum absolute atomic E-state index is 10.9. The first kappa shape index (κ1) is 9.01. The SMILES string of the molecule is N#CCN1CC[CH]CC1C(N)=O. The normalized spacial score (nSPS) is 24.8. The Hall–Kier alpha value is -1.08. The van der Waals surface area contributed by atoms with Crippen LogP contribution in [0, 0.1) is 17.8 Å². The third-order valence-corrected chi connectivity index (χ3v) is 2.05. The predicted molar refractivity (Wildman–Crippen MR) is 43.7 cm³/mol. The standard InChI is InChI=1S/C8H12N3O/c9-4-6-11-5-2-1-3-7(11)8(10)12/h1,7H,2-3,5-6H2,(H2,10,12). The molecule has 1 atom stereocenters. The minimum absolute atomic E-state index is 0.265. The first-order valence-electron chi connectivity index (χ1n) is 3.97. The van der Waals surface area contributed by atoms with Crippen LogP contribution in [0.2, 0.25) is 0 Å². The second kappa shape index (κ2) is 4.07. The highest BCUT2D eigenvalue weighted by molar-refractivity contribution is 5.80. The van der Waals surface area contributed by atoms with E-state index in [1.807, 2.05) is 17.4 Å². The Kier molecular flexibility index (Phi) is 3.06. The van der Waals surface area contributed by atoms with E-state index in [2.05, 4.69) is 0 Å². The number of primary amides is 1. The maximum atomic E-state index is 10.9. The molecule has 1 aliphatic heterocycles. The summed E-state index contributed by atoms with van der Waals surface area (Å²) in [5.74, 6) is -0.332. The molecular weight excluding hydrogens is 154 g/mol. The van der Waals surface area contributed by atoms with Gasteiger partial charge in [-0.3, -0.25) is 9.69 Å². The molecule has 1 fully saturated rings. The molecule has 0 aromatic heterocycles. The largest absolute Gasteiger partial charge is 0.368 e. The smallest absolute Gasteiger partial charge is 0.234 e. The van der Waals surface area contributed by atoms with Crippen molar-refractivity contribution in [3.8, 4) is 6.07 Å². The number of nitrogens with two attached hydrogens (primary N) is 1. The molecule has 4 nitrogen and oxygen atoms in total. The lowest BCUT2D eigenvalue weighted by Crippen LogP contribution is -2.47. The molecule has 1 aliphatic rings. The summed E-state index contributed by atoms with van der Waals surface area (Å²) in [6.45, 7) is 1.06. The van der Waals surface area contributed by atoms with Gasteiger partial charge in [-0.2, -0.15) is 5.26 Å². The van der Waals surface area contributed by atoms with Gasteiger partial charge in [0.25, 0.3) is 0 Å². The lowest BCUT2D eigenvalue weighted by molar-refractivity contribution is -0.123. The summed E-state index contributed by atoms with van der Waals surface area (Å²) in [6, 6.07) is 1.76. The minimum atomic E-state index is -0.332. The number of nitriles is 1. The van der Waals surface area contributed by atoms with Gasteiger partial charge in [0, 0.05) is 6.54 Å². The highest BCUT2D eigenvalue weighted by Crippen LogP contribution is 2.14. The monoisotopic (exact) mass is 166 g/mol. The number of carbonyl (C=O) groups excluding carboxylic acids is 1. The van der Waals surface area contributed by atoms with Gasteiger partial charge in [0.15, 0.2) is 0 Å². The zero-order valence-corrected chi connectivity index (χ0v) is 6.86. The Morgan fingerprint density at radius 2 is 2.58 bits per heavy atom. The fourth-order valence-electron chi connectivity index (χ4n) is 1.41. The summed E-state index contributed by atoms with van der Waals surface area (Å²) in [5, 5.41) is 8.46. The molecule has 2 N–H and O–H groups in total. The van der Waals surface area contributed by atoms with E-state index >= 15 is 0 Å². The molecule has 0 spiro atoms. The molecule has 0 saturated carbocycles. The summed E-state index contributed by atoms with van der Waals surface area (Å²) < 4.78 is 0. The molecule has 0 aliphatic carbocycles. The van der Waals surface area contributed by atoms with Crippen molar-refractivity contribution in [2.45, 2.75) is 18.9 Å². The van der Waals surface area contributed by atoms with E-state index in [1.54, 1.807) is 0 Å². The molecule has 12 heavy (non-hydrogen) atoms. The Labute approximate surface area is 71.9 Å². The molecular formula is C8H12N3O. The molecule has 0 aromatic carbocycles. The molecule has 0 aromatic rings. The van der Waals surface area contributed by atoms with Crippen LogP contribution in [0.5, 0.6) is 0 Å². The van der Waals surface area contributed by atoms with E-state index in [0.29, 0.717) is 13.0 Å². The van der Waals surface area contributed by atoms with Crippen molar-refractivity contribution >= 4 is 5.91 Å². The quantitative estimate of drug-likeness (QED) is 0.571. The van der Waals surface area contributed by atoms with Crippen LogP contribution >= 0.6 is 0 Å². The van der Waals surface area contributed by atoms with Gasteiger partial charge in [-0.15, -0.1) is 0 Å². The average Bonchev–Trinajstić information content (AvgIpc) is 2.05. The van der Waals surface area contributed by atoms with Crippen LogP contribution in [0.1, 0.15) is 12.8 Å². The Morgan fingerprint density at radius 1 is 1.83 bits per heavy atom. The topological polar surface area (TPSA) is 70.1 Å². The molecule has 1 saturated heterocycles. The van der Waals surface area contributed by atoms with Crippen LogP contribution in [-0.2, 0) is 4.79 Å². The van der Waals surface area contributed by atoms with Crippen molar-refractivity contribution in [2.24, 2.45) is 5.73 Å². The first-order chi connectivity index (χ1) is 5.75. The summed E-state index contributed by atoms with van der Waals surface area (Å²) in [5.41, 5.74) is 5.18. The van der Waals surface area contributed by atoms with Gasteiger partial charge in [0.1, 0.15) is 0 Å². The van der Waals surface area contributed by atoms with Gasteiger partial charge in [-0.25, -0.2) is 0 Å². The van der Waals surface area contributed by atoms with Crippen LogP contribution < -0.4 is 5.73 Å². The van der Waals surface area contributed by atoms with Crippen LogP contribution in [0.4, 0.5) is 0 Å². The number of piperidine rings is 1. The van der Waals surface area contributed by atoms with Gasteiger partial charge in [0.2, 0.25) is 5.91 Å². The first-order valence-corrected chi connectivity index (χ1v) is 3.97. The van der Waals surface area contributed by atoms with Crippen molar-refractivity contribution in [3.63, 3.8) is 0 Å². The lowest BCUT2D eigenvalue weighted by atomic mass is 10.0. The Morgan fingerprint density at radius 3 is 3.17 bits per heavy atom. The third kappa shape index (κ3) is 1.95. The van der Waals surface area contributed by atoms with E-state index in [1.165, 1.54) is 0 Å². The van der Waals surface area contributed by atoms with Crippen LogP contribution in [0.3, 0.4) is 0 Å². The average molecular weight is 166 g/mol. The van der Waals surface area contributed by atoms with Crippen LogP contribution in [0.25, 0.3) is 0 Å². The summed E-state index contributed by atoms with van der Waals surface area (Å²) in [6.07, 6.45) is 3.66. The van der Waals surface area contributed by atoms with E-state index in [0.717, 1.165) is 13.0 Å². The van der Waals surface area contributed by atoms with Gasteiger partial charge in [0.05, 0.1) is 18.7 Å². The van der Waals surface area contributed by atoms with Gasteiger partial charge in [-0.1, -0.05) is 0 Å². The number of nitrogens with zero attached hydrogens (tertiary/aromatic N) is 2. The van der Waals surface area contributed by atoms with Crippen molar-refractivity contribution in [3.05, 3.63) is 6.42 Å². The minimum Gasteiger partial charge on any atom is -0.368 e. The number of amides is 1. The molecule has 0 bridgehead atoms. The predicted octanol–water partition coefficient (Wildman–Crippen LogP) is -0.336. The highest BCUT2D eigenvalue weighted by atomic mass is 16.1. The summed E-state index contributed by atoms with van der Waals surface area (Å²) in [4.78, 5) is 12.7. The van der Waals surface area contributed by atoms with E-state index in [4.69, 9.17) is 11.0 Å². The summed E-state index contributed by atoms with van der Waals surface area (Å²) in [7, 11) is 0. The van der Waals surface area contributed by atoms with Crippen LogP contribution in [0.15, 0.2) is 0 Å². The number of carbonyl (C=O) groups is 1. The van der Waals surface area contributed by atoms with Crippen molar-refractivity contribution in [2.75, 3.05) is 13.1 Å². The number of hydrogen-bond donors (Lipinski definition) is 1. The summed E-state index contributed by atoms with van der Waals surface area (Å²) >= 11 is 0. The molecule has 1 amide bonds. The molecule has 1 radical (unpaired) electrons. The van der Waals surface area contributed by atoms with E-state index in [9.17, 15) is 4.79 Å². The van der Waals surface area contributed by atoms with Crippen molar-refractivity contribution in [1.29, 1.82) is 5.26 Å². The zero-order valence-electron chi connectivity index (χ0n) is 6.86. The fourth-order valence-corrected chi connectivity index (χ4v) is 1.41. The second-order valence-electron chi connectivity index (χ2n) is 2.86. The van der Waals surface area contributed by atoms with E-state index < -0.39 is 0 Å². The second-order valence-corrected chi connectivity index (χ2v) is 2.86. The van der Waals surface area contributed by atoms with E-state index in [-0.39, 0.29) is 11.9 Å².